The number of nitrogens with two attached hydrogens (primary N) is 1. The molecule has 0 bridgehead atoms. The molecule has 1 unspecified atom stereocenters. The van der Waals surface area contributed by atoms with Crippen LogP contribution < -0.4 is 11.1 Å². The van der Waals surface area contributed by atoms with Gasteiger partial charge in [0.15, 0.2) is 0 Å². The molecule has 0 aliphatic carbocycles. The van der Waals surface area contributed by atoms with Gasteiger partial charge in [-0.1, -0.05) is 55.0 Å². The molecule has 0 saturated carbocycles. The molecule has 2 rings (SSSR count). The number of rotatable bonds is 5. The average molecular weight is 254 g/mol. The standard InChI is InChI=1S/C17H22N2/c1-3-17(14-10-8-13(2)9-11-14)19-12-15-6-4-5-7-16(15)18/h4-11,17,19H,3,12,18H2,1-2H3. The van der Waals surface area contributed by atoms with Crippen LogP contribution in [-0.2, 0) is 6.54 Å². The van der Waals surface area contributed by atoms with E-state index in [1.807, 2.05) is 18.2 Å². The molecule has 0 aliphatic heterocycles. The maximum Gasteiger partial charge on any atom is 0.0359 e. The van der Waals surface area contributed by atoms with Crippen LogP contribution in [0.5, 0.6) is 0 Å². The highest BCUT2D eigenvalue weighted by molar-refractivity contribution is 5.46. The highest BCUT2D eigenvalue weighted by atomic mass is 14.9. The summed E-state index contributed by atoms with van der Waals surface area (Å²) in [6, 6.07) is 17.1. The van der Waals surface area contributed by atoms with Crippen molar-refractivity contribution in [2.24, 2.45) is 0 Å². The predicted octanol–water partition coefficient (Wildman–Crippen LogP) is 3.82. The first-order chi connectivity index (χ1) is 9.20. The van der Waals surface area contributed by atoms with E-state index >= 15 is 0 Å². The van der Waals surface area contributed by atoms with E-state index in [9.17, 15) is 0 Å². The summed E-state index contributed by atoms with van der Waals surface area (Å²) in [5.41, 5.74) is 10.6. The number of aryl methyl sites for hydroxylation is 1. The Morgan fingerprint density at radius 3 is 2.37 bits per heavy atom. The molecule has 0 amide bonds. The van der Waals surface area contributed by atoms with Crippen molar-refractivity contribution in [1.82, 2.24) is 5.32 Å². The molecule has 3 N–H and O–H groups in total. The lowest BCUT2D eigenvalue weighted by atomic mass is 10.0. The first-order valence-electron chi connectivity index (χ1n) is 6.84. The molecule has 0 fully saturated rings. The van der Waals surface area contributed by atoms with Gasteiger partial charge in [0.1, 0.15) is 0 Å². The highest BCUT2D eigenvalue weighted by Crippen LogP contribution is 2.19. The van der Waals surface area contributed by atoms with Gasteiger partial charge in [-0.2, -0.15) is 0 Å². The molecule has 19 heavy (non-hydrogen) atoms. The molecule has 0 radical (unpaired) electrons. The van der Waals surface area contributed by atoms with Crippen LogP contribution in [0.25, 0.3) is 0 Å². The summed E-state index contributed by atoms with van der Waals surface area (Å²) in [5.74, 6) is 0. The van der Waals surface area contributed by atoms with Crippen molar-refractivity contribution in [1.29, 1.82) is 0 Å². The fourth-order valence-corrected chi connectivity index (χ4v) is 2.22. The van der Waals surface area contributed by atoms with Crippen molar-refractivity contribution in [2.45, 2.75) is 32.9 Å². The molecule has 0 saturated heterocycles. The average Bonchev–Trinajstić information content (AvgIpc) is 2.43. The Kier molecular flexibility index (Phi) is 4.58. The largest absolute Gasteiger partial charge is 0.398 e. The lowest BCUT2D eigenvalue weighted by molar-refractivity contribution is 0.519. The van der Waals surface area contributed by atoms with Gasteiger partial charge in [-0.05, 0) is 30.5 Å². The number of benzene rings is 2. The van der Waals surface area contributed by atoms with E-state index in [0.717, 1.165) is 24.2 Å². The number of para-hydroxylation sites is 1. The summed E-state index contributed by atoms with van der Waals surface area (Å²) in [5, 5.41) is 3.58. The van der Waals surface area contributed by atoms with Gasteiger partial charge in [-0.25, -0.2) is 0 Å². The second-order valence-corrected chi connectivity index (χ2v) is 4.95. The summed E-state index contributed by atoms with van der Waals surface area (Å²) in [6.45, 7) is 5.12. The number of anilines is 1. The molecule has 100 valence electrons. The van der Waals surface area contributed by atoms with Gasteiger partial charge in [-0.3, -0.25) is 0 Å². The molecular formula is C17H22N2. The lowest BCUT2D eigenvalue weighted by Crippen LogP contribution is -2.20. The first kappa shape index (κ1) is 13.6. The predicted molar refractivity (Wildman–Crippen MR) is 81.9 cm³/mol. The Morgan fingerprint density at radius 1 is 1.05 bits per heavy atom. The third kappa shape index (κ3) is 3.58. The Hall–Kier alpha value is -1.80. The van der Waals surface area contributed by atoms with Gasteiger partial charge in [0, 0.05) is 18.3 Å². The van der Waals surface area contributed by atoms with E-state index in [2.05, 4.69) is 49.5 Å². The fraction of sp³-hybridized carbons (Fsp3) is 0.294. The van der Waals surface area contributed by atoms with Crippen molar-refractivity contribution in [3.8, 4) is 0 Å². The van der Waals surface area contributed by atoms with Gasteiger partial charge >= 0.3 is 0 Å². The van der Waals surface area contributed by atoms with Crippen molar-refractivity contribution < 1.29 is 0 Å². The molecule has 2 aromatic carbocycles. The number of hydrogen-bond acceptors (Lipinski definition) is 2. The number of nitrogen functional groups attached to an aromatic ring is 1. The molecule has 2 heteroatoms. The second kappa shape index (κ2) is 6.39. The van der Waals surface area contributed by atoms with Gasteiger partial charge in [0.25, 0.3) is 0 Å². The Bertz CT molecular complexity index is 517. The molecular weight excluding hydrogens is 232 g/mol. The number of hydrogen-bond donors (Lipinski definition) is 2. The van der Waals surface area contributed by atoms with Gasteiger partial charge < -0.3 is 11.1 Å². The first-order valence-corrected chi connectivity index (χ1v) is 6.84. The van der Waals surface area contributed by atoms with Gasteiger partial charge in [-0.15, -0.1) is 0 Å². The molecule has 0 spiro atoms. The molecule has 0 heterocycles. The van der Waals surface area contributed by atoms with Gasteiger partial charge in [0.2, 0.25) is 0 Å². The lowest BCUT2D eigenvalue weighted by Gasteiger charge is -2.18. The Labute approximate surface area is 115 Å². The molecule has 2 nitrogen and oxygen atoms in total. The Morgan fingerprint density at radius 2 is 1.74 bits per heavy atom. The summed E-state index contributed by atoms with van der Waals surface area (Å²) < 4.78 is 0. The summed E-state index contributed by atoms with van der Waals surface area (Å²) in [4.78, 5) is 0. The van der Waals surface area contributed by atoms with Crippen molar-refractivity contribution >= 4 is 5.69 Å². The zero-order chi connectivity index (χ0) is 13.7. The van der Waals surface area contributed by atoms with Crippen LogP contribution in [0.4, 0.5) is 5.69 Å². The van der Waals surface area contributed by atoms with Crippen LogP contribution in [0.2, 0.25) is 0 Å². The Balaban J connectivity index is 2.04. The quantitative estimate of drug-likeness (QED) is 0.796. The number of nitrogens with one attached hydrogen (secondary N) is 1. The smallest absolute Gasteiger partial charge is 0.0359 e. The zero-order valence-electron chi connectivity index (χ0n) is 11.7. The van der Waals surface area contributed by atoms with Crippen LogP contribution in [-0.4, -0.2) is 0 Å². The second-order valence-electron chi connectivity index (χ2n) is 4.95. The minimum Gasteiger partial charge on any atom is -0.398 e. The van der Waals surface area contributed by atoms with Crippen LogP contribution >= 0.6 is 0 Å². The van der Waals surface area contributed by atoms with Crippen molar-refractivity contribution in [2.75, 3.05) is 5.73 Å². The molecule has 1 atom stereocenters. The minimum absolute atomic E-state index is 0.375. The topological polar surface area (TPSA) is 38.0 Å². The zero-order valence-corrected chi connectivity index (χ0v) is 11.7. The van der Waals surface area contributed by atoms with Crippen LogP contribution in [0, 0.1) is 6.92 Å². The third-order valence-corrected chi connectivity index (χ3v) is 3.48. The van der Waals surface area contributed by atoms with E-state index in [4.69, 9.17) is 5.73 Å². The fourth-order valence-electron chi connectivity index (χ4n) is 2.22. The molecule has 2 aromatic rings. The van der Waals surface area contributed by atoms with E-state index in [1.54, 1.807) is 0 Å². The van der Waals surface area contributed by atoms with Crippen molar-refractivity contribution in [3.63, 3.8) is 0 Å². The van der Waals surface area contributed by atoms with E-state index in [0.29, 0.717) is 6.04 Å². The van der Waals surface area contributed by atoms with Crippen LogP contribution in [0.3, 0.4) is 0 Å². The SMILES string of the molecule is CCC(NCc1ccccc1N)c1ccc(C)cc1. The van der Waals surface area contributed by atoms with E-state index in [-0.39, 0.29) is 0 Å². The van der Waals surface area contributed by atoms with Crippen molar-refractivity contribution in [3.05, 3.63) is 65.2 Å². The monoisotopic (exact) mass is 254 g/mol. The van der Waals surface area contributed by atoms with E-state index in [1.165, 1.54) is 11.1 Å². The van der Waals surface area contributed by atoms with E-state index < -0.39 is 0 Å². The summed E-state index contributed by atoms with van der Waals surface area (Å²) >= 11 is 0. The summed E-state index contributed by atoms with van der Waals surface area (Å²) in [6.07, 6.45) is 1.07. The van der Waals surface area contributed by atoms with Crippen LogP contribution in [0.15, 0.2) is 48.5 Å². The van der Waals surface area contributed by atoms with Gasteiger partial charge in [0.05, 0.1) is 0 Å². The van der Waals surface area contributed by atoms with Crippen LogP contribution in [0.1, 0.15) is 36.1 Å². The minimum atomic E-state index is 0.375. The highest BCUT2D eigenvalue weighted by Gasteiger charge is 2.08. The third-order valence-electron chi connectivity index (χ3n) is 3.48. The maximum absolute atomic E-state index is 5.97. The maximum atomic E-state index is 5.97. The molecule has 0 aliphatic rings. The molecule has 0 aromatic heterocycles. The summed E-state index contributed by atoms with van der Waals surface area (Å²) in [7, 11) is 0. The normalized spacial score (nSPS) is 12.3.